The van der Waals surface area contributed by atoms with Gasteiger partial charge in [0.15, 0.2) is 0 Å². The minimum atomic E-state index is 0.192. The van der Waals surface area contributed by atoms with Crippen molar-refractivity contribution in [3.63, 3.8) is 0 Å². The van der Waals surface area contributed by atoms with Gasteiger partial charge in [0.05, 0.1) is 0 Å². The monoisotopic (exact) mass is 286 g/mol. The lowest BCUT2D eigenvalue weighted by Gasteiger charge is -2.23. The first-order chi connectivity index (χ1) is 10.2. The van der Waals surface area contributed by atoms with Crippen molar-refractivity contribution < 1.29 is 5.21 Å². The highest BCUT2D eigenvalue weighted by atomic mass is 16.4. The molecule has 0 fully saturated rings. The molecule has 0 bridgehead atoms. The maximum absolute atomic E-state index is 8.66. The van der Waals surface area contributed by atoms with Gasteiger partial charge in [0.25, 0.3) is 0 Å². The third-order valence-electron chi connectivity index (χ3n) is 2.98. The number of oxime groups is 1. The molecule has 0 aliphatic rings. The Morgan fingerprint density at radius 1 is 1.43 bits per heavy atom. The molecule has 0 radical (unpaired) electrons. The molecule has 0 unspecified atom stereocenters. The molecule has 2 rings (SSSR count). The van der Waals surface area contributed by atoms with E-state index in [0.717, 1.165) is 17.1 Å². The van der Waals surface area contributed by atoms with Crippen LogP contribution in [-0.4, -0.2) is 32.5 Å². The Labute approximate surface area is 123 Å². The zero-order chi connectivity index (χ0) is 15.1. The number of hydrogen-bond acceptors (Lipinski definition) is 6. The summed E-state index contributed by atoms with van der Waals surface area (Å²) in [5.74, 6) is 0.994. The van der Waals surface area contributed by atoms with E-state index in [0.29, 0.717) is 19.5 Å². The summed E-state index contributed by atoms with van der Waals surface area (Å²) in [7, 11) is 0. The highest BCUT2D eigenvalue weighted by Crippen LogP contribution is 2.14. The molecule has 0 aliphatic heterocycles. The van der Waals surface area contributed by atoms with Crippen molar-refractivity contribution in [2.24, 2.45) is 10.9 Å². The van der Waals surface area contributed by atoms with E-state index in [9.17, 15) is 0 Å². The zero-order valence-electron chi connectivity index (χ0n) is 11.8. The summed E-state index contributed by atoms with van der Waals surface area (Å²) in [6.45, 7) is 3.14. The van der Waals surface area contributed by atoms with Gasteiger partial charge < -0.3 is 15.8 Å². The predicted molar refractivity (Wildman–Crippen MR) is 80.1 cm³/mol. The van der Waals surface area contributed by atoms with Crippen LogP contribution in [0.5, 0.6) is 0 Å². The van der Waals surface area contributed by atoms with Gasteiger partial charge in [-0.1, -0.05) is 11.2 Å². The normalized spacial score (nSPS) is 11.4. The molecule has 0 spiro atoms. The number of nitrogens with zero attached hydrogens (tertiary/aromatic N) is 5. The molecule has 110 valence electrons. The van der Waals surface area contributed by atoms with Gasteiger partial charge in [0, 0.05) is 43.7 Å². The topological polar surface area (TPSA) is 101 Å². The summed E-state index contributed by atoms with van der Waals surface area (Å²) in [4.78, 5) is 14.6. The van der Waals surface area contributed by atoms with E-state index < -0.39 is 0 Å². The second kappa shape index (κ2) is 7.18. The Morgan fingerprint density at radius 3 is 2.95 bits per heavy atom. The van der Waals surface area contributed by atoms with Crippen LogP contribution >= 0.6 is 0 Å². The van der Waals surface area contributed by atoms with Gasteiger partial charge in [-0.3, -0.25) is 4.98 Å². The van der Waals surface area contributed by atoms with Crippen molar-refractivity contribution in [1.29, 1.82) is 0 Å². The van der Waals surface area contributed by atoms with Gasteiger partial charge in [0.2, 0.25) is 0 Å². The van der Waals surface area contributed by atoms with Gasteiger partial charge >= 0.3 is 0 Å². The third kappa shape index (κ3) is 4.41. The molecule has 2 heterocycles. The number of nitrogens with two attached hydrogens (primary N) is 1. The van der Waals surface area contributed by atoms with Crippen LogP contribution in [0, 0.1) is 6.92 Å². The van der Waals surface area contributed by atoms with Crippen LogP contribution in [0.1, 0.15) is 17.7 Å². The molecule has 21 heavy (non-hydrogen) atoms. The van der Waals surface area contributed by atoms with E-state index in [2.05, 4.69) is 20.1 Å². The van der Waals surface area contributed by atoms with Gasteiger partial charge in [-0.05, 0) is 18.6 Å². The molecule has 3 N–H and O–H groups in total. The van der Waals surface area contributed by atoms with Crippen LogP contribution in [0.3, 0.4) is 0 Å². The summed E-state index contributed by atoms with van der Waals surface area (Å²) in [5.41, 5.74) is 7.50. The molecular formula is C14H18N6O. The molecule has 0 aromatic carbocycles. The van der Waals surface area contributed by atoms with Crippen LogP contribution in [0.15, 0.2) is 42.1 Å². The van der Waals surface area contributed by atoms with E-state index in [4.69, 9.17) is 10.9 Å². The van der Waals surface area contributed by atoms with Crippen molar-refractivity contribution in [2.75, 3.05) is 11.4 Å². The largest absolute Gasteiger partial charge is 0.409 e. The summed E-state index contributed by atoms with van der Waals surface area (Å²) in [5, 5.41) is 11.7. The predicted octanol–water partition coefficient (Wildman–Crippen LogP) is 1.32. The number of anilines is 1. The zero-order valence-corrected chi connectivity index (χ0v) is 11.8. The molecule has 2 aromatic rings. The van der Waals surface area contributed by atoms with E-state index >= 15 is 0 Å². The molecule has 7 heteroatoms. The Morgan fingerprint density at radius 2 is 2.29 bits per heavy atom. The lowest BCUT2D eigenvalue weighted by molar-refractivity contribution is 0.317. The van der Waals surface area contributed by atoms with E-state index in [-0.39, 0.29) is 5.84 Å². The van der Waals surface area contributed by atoms with Crippen molar-refractivity contribution in [3.8, 4) is 0 Å². The molecule has 2 aromatic heterocycles. The van der Waals surface area contributed by atoms with Crippen molar-refractivity contribution >= 4 is 11.7 Å². The SMILES string of the molecule is Cc1cc(N(CC/C(N)=N/O)Cc2cccnc2)ncn1. The Balaban J connectivity index is 2.17. The number of aromatic nitrogens is 3. The summed E-state index contributed by atoms with van der Waals surface area (Å²) in [6, 6.07) is 5.79. The Bertz CT molecular complexity index is 601. The van der Waals surface area contributed by atoms with Gasteiger partial charge in [-0.25, -0.2) is 9.97 Å². The van der Waals surface area contributed by atoms with Crippen LogP contribution < -0.4 is 10.6 Å². The second-order valence-electron chi connectivity index (χ2n) is 4.64. The molecule has 0 saturated heterocycles. The number of amidine groups is 1. The first-order valence-electron chi connectivity index (χ1n) is 6.58. The lowest BCUT2D eigenvalue weighted by Crippen LogP contribution is -2.28. The quantitative estimate of drug-likeness (QED) is 0.359. The lowest BCUT2D eigenvalue weighted by atomic mass is 10.2. The first kappa shape index (κ1) is 14.7. The highest BCUT2D eigenvalue weighted by Gasteiger charge is 2.10. The van der Waals surface area contributed by atoms with E-state index in [1.54, 1.807) is 6.20 Å². The smallest absolute Gasteiger partial charge is 0.140 e. The number of aryl methyl sites for hydroxylation is 1. The van der Waals surface area contributed by atoms with Crippen LogP contribution in [0.4, 0.5) is 5.82 Å². The van der Waals surface area contributed by atoms with Gasteiger partial charge in [-0.15, -0.1) is 0 Å². The third-order valence-corrected chi connectivity index (χ3v) is 2.98. The molecule has 0 aliphatic carbocycles. The number of pyridine rings is 1. The van der Waals surface area contributed by atoms with Gasteiger partial charge in [-0.2, -0.15) is 0 Å². The summed E-state index contributed by atoms with van der Waals surface area (Å²) < 4.78 is 0. The summed E-state index contributed by atoms with van der Waals surface area (Å²) >= 11 is 0. The van der Waals surface area contributed by atoms with E-state index in [1.165, 1.54) is 6.33 Å². The second-order valence-corrected chi connectivity index (χ2v) is 4.64. The fraction of sp³-hybridized carbons (Fsp3) is 0.286. The molecular weight excluding hydrogens is 268 g/mol. The summed E-state index contributed by atoms with van der Waals surface area (Å²) in [6.07, 6.45) is 5.52. The van der Waals surface area contributed by atoms with Crippen molar-refractivity contribution in [3.05, 3.63) is 48.2 Å². The maximum atomic E-state index is 8.66. The van der Waals surface area contributed by atoms with Crippen molar-refractivity contribution in [1.82, 2.24) is 15.0 Å². The Kier molecular flexibility index (Phi) is 5.03. The average molecular weight is 286 g/mol. The number of rotatable bonds is 6. The Hall–Kier alpha value is -2.70. The van der Waals surface area contributed by atoms with Crippen molar-refractivity contribution in [2.45, 2.75) is 19.9 Å². The molecule has 0 saturated carbocycles. The number of hydrogen-bond donors (Lipinski definition) is 2. The van der Waals surface area contributed by atoms with Gasteiger partial charge in [0.1, 0.15) is 18.0 Å². The highest BCUT2D eigenvalue weighted by molar-refractivity contribution is 5.80. The van der Waals surface area contributed by atoms with E-state index in [1.807, 2.05) is 36.2 Å². The van der Waals surface area contributed by atoms with Crippen LogP contribution in [-0.2, 0) is 6.54 Å². The fourth-order valence-electron chi connectivity index (χ4n) is 1.90. The molecule has 0 amide bonds. The first-order valence-corrected chi connectivity index (χ1v) is 6.58. The maximum Gasteiger partial charge on any atom is 0.140 e. The van der Waals surface area contributed by atoms with Crippen LogP contribution in [0.2, 0.25) is 0 Å². The average Bonchev–Trinajstić information content (AvgIpc) is 2.52. The van der Waals surface area contributed by atoms with Crippen LogP contribution in [0.25, 0.3) is 0 Å². The minimum absolute atomic E-state index is 0.192. The minimum Gasteiger partial charge on any atom is -0.409 e. The molecule has 0 atom stereocenters. The fourth-order valence-corrected chi connectivity index (χ4v) is 1.90. The standard InChI is InChI=1S/C14H18N6O/c1-11-7-14(18-10-17-11)20(6-4-13(15)19-21)9-12-3-2-5-16-8-12/h2-3,5,7-8,10,21H,4,6,9H2,1H3,(H2,15,19). The molecule has 7 nitrogen and oxygen atoms in total.